The van der Waals surface area contributed by atoms with Crippen molar-refractivity contribution in [2.45, 2.75) is 12.5 Å². The van der Waals surface area contributed by atoms with Crippen LogP contribution in [-0.2, 0) is 10.3 Å². The summed E-state index contributed by atoms with van der Waals surface area (Å²) in [5.41, 5.74) is 1.03. The summed E-state index contributed by atoms with van der Waals surface area (Å²) in [6, 6.07) is 11.1. The smallest absolute Gasteiger partial charge is 0.369 e. The van der Waals surface area contributed by atoms with Gasteiger partial charge in [-0.3, -0.25) is 4.79 Å². The number of Topliss-reactive ketones (excluding diaryl/α,β-unsaturated/α-hetero) is 1. The molecule has 1 N–H and O–H groups in total. The number of fused-ring (bicyclic) bond motifs is 1. The molecule has 0 aliphatic carbocycles. The van der Waals surface area contributed by atoms with Crippen molar-refractivity contribution in [3.05, 3.63) is 63.1 Å². The largest absolute Gasteiger partial charge is 0.383 e. The second-order valence-corrected chi connectivity index (χ2v) is 7.61. The molecule has 1 aliphatic heterocycles. The molecule has 1 atom stereocenters. The van der Waals surface area contributed by atoms with E-state index in [0.29, 0.717) is 20.6 Å². The zero-order valence-electron chi connectivity index (χ0n) is 11.6. The quantitative estimate of drug-likeness (QED) is 0.775. The molecule has 0 amide bonds. The predicted octanol–water partition coefficient (Wildman–Crippen LogP) is 3.64. The Morgan fingerprint density at radius 1 is 1.26 bits per heavy atom. The highest BCUT2D eigenvalue weighted by Crippen LogP contribution is 2.41. The standard InChI is InChI=1S/C15H11BrClNO4S/c16-12-7-10(17)6-11-13(18-23(20,21)22-15(11)12)8-14(19)9-4-2-1-3-5-9/h1-7,13,18H,8H2. The molecule has 23 heavy (non-hydrogen) atoms. The number of hydrogen-bond donors (Lipinski definition) is 1. The third-order valence-corrected chi connectivity index (χ3v) is 5.14. The van der Waals surface area contributed by atoms with E-state index in [1.54, 1.807) is 36.4 Å². The third kappa shape index (κ3) is 3.58. The molecular formula is C15H11BrClNO4S. The van der Waals surface area contributed by atoms with E-state index >= 15 is 0 Å². The summed E-state index contributed by atoms with van der Waals surface area (Å²) in [5, 5.41) is 0.414. The summed E-state index contributed by atoms with van der Waals surface area (Å²) >= 11 is 9.26. The number of carbonyl (C=O) groups excluding carboxylic acids is 1. The third-order valence-electron chi connectivity index (χ3n) is 3.38. The lowest BCUT2D eigenvalue weighted by atomic mass is 9.98. The Kier molecular flexibility index (Phi) is 4.46. The summed E-state index contributed by atoms with van der Waals surface area (Å²) in [6.07, 6.45) is -0.0353. The second kappa shape index (κ2) is 6.24. The Morgan fingerprint density at radius 3 is 2.65 bits per heavy atom. The Morgan fingerprint density at radius 2 is 1.96 bits per heavy atom. The highest BCUT2D eigenvalue weighted by atomic mass is 79.9. The molecule has 1 unspecified atom stereocenters. The molecule has 2 aromatic rings. The normalized spacial score (nSPS) is 18.8. The fraction of sp³-hybridized carbons (Fsp3) is 0.133. The Bertz CT molecular complexity index is 871. The Balaban J connectivity index is 1.98. The molecule has 1 heterocycles. The lowest BCUT2D eigenvalue weighted by molar-refractivity contribution is 0.0971. The molecule has 2 aromatic carbocycles. The van der Waals surface area contributed by atoms with Crippen LogP contribution in [0, 0.1) is 0 Å². The van der Waals surface area contributed by atoms with Crippen LogP contribution in [0.1, 0.15) is 28.4 Å². The molecule has 120 valence electrons. The van der Waals surface area contributed by atoms with Crippen LogP contribution < -0.4 is 8.91 Å². The number of rotatable bonds is 3. The molecule has 0 saturated carbocycles. The van der Waals surface area contributed by atoms with E-state index in [2.05, 4.69) is 20.7 Å². The SMILES string of the molecule is O=C(CC1NS(=O)(=O)Oc2c(Br)cc(Cl)cc21)c1ccccc1. The zero-order valence-corrected chi connectivity index (χ0v) is 14.8. The average Bonchev–Trinajstić information content (AvgIpc) is 2.49. The fourth-order valence-electron chi connectivity index (χ4n) is 2.38. The van der Waals surface area contributed by atoms with E-state index in [9.17, 15) is 13.2 Å². The monoisotopic (exact) mass is 415 g/mol. The van der Waals surface area contributed by atoms with Gasteiger partial charge < -0.3 is 4.18 Å². The van der Waals surface area contributed by atoms with Gasteiger partial charge in [0.1, 0.15) is 0 Å². The molecule has 0 spiro atoms. The average molecular weight is 417 g/mol. The van der Waals surface area contributed by atoms with Gasteiger partial charge in [0, 0.05) is 22.6 Å². The minimum atomic E-state index is -3.98. The van der Waals surface area contributed by atoms with Gasteiger partial charge in [0.05, 0.1) is 10.5 Å². The van der Waals surface area contributed by atoms with Gasteiger partial charge in [-0.15, -0.1) is 0 Å². The maximum Gasteiger partial charge on any atom is 0.383 e. The van der Waals surface area contributed by atoms with Crippen LogP contribution in [0.2, 0.25) is 5.02 Å². The van der Waals surface area contributed by atoms with Crippen LogP contribution in [0.5, 0.6) is 5.75 Å². The first-order valence-electron chi connectivity index (χ1n) is 6.64. The molecule has 0 aromatic heterocycles. The van der Waals surface area contributed by atoms with Crippen molar-refractivity contribution in [3.63, 3.8) is 0 Å². The first-order valence-corrected chi connectivity index (χ1v) is 9.22. The maximum absolute atomic E-state index is 12.4. The van der Waals surface area contributed by atoms with E-state index in [-0.39, 0.29) is 18.0 Å². The summed E-state index contributed by atoms with van der Waals surface area (Å²) < 4.78 is 31.5. The molecule has 5 nitrogen and oxygen atoms in total. The molecular weight excluding hydrogens is 406 g/mol. The van der Waals surface area contributed by atoms with E-state index in [1.807, 2.05) is 0 Å². The number of nitrogens with one attached hydrogen (secondary N) is 1. The Hall–Kier alpha value is -1.41. The second-order valence-electron chi connectivity index (χ2n) is 5.01. The molecule has 0 radical (unpaired) electrons. The molecule has 8 heteroatoms. The number of hydrogen-bond acceptors (Lipinski definition) is 4. The van der Waals surface area contributed by atoms with Gasteiger partial charge in [-0.25, -0.2) is 0 Å². The predicted molar refractivity (Wildman–Crippen MR) is 90.0 cm³/mol. The first kappa shape index (κ1) is 16.4. The van der Waals surface area contributed by atoms with E-state index in [0.717, 1.165) is 0 Å². The fourth-order valence-corrected chi connectivity index (χ4v) is 4.41. The summed E-state index contributed by atoms with van der Waals surface area (Å²) in [5.74, 6) is -0.0266. The highest BCUT2D eigenvalue weighted by Gasteiger charge is 2.33. The van der Waals surface area contributed by atoms with Crippen molar-refractivity contribution in [1.82, 2.24) is 4.72 Å². The van der Waals surface area contributed by atoms with E-state index < -0.39 is 16.3 Å². The van der Waals surface area contributed by atoms with Crippen molar-refractivity contribution in [3.8, 4) is 5.75 Å². The van der Waals surface area contributed by atoms with Crippen molar-refractivity contribution >= 4 is 43.6 Å². The highest BCUT2D eigenvalue weighted by molar-refractivity contribution is 9.10. The molecule has 0 bridgehead atoms. The van der Waals surface area contributed by atoms with Gasteiger partial charge in [0.25, 0.3) is 0 Å². The molecule has 3 rings (SSSR count). The lowest BCUT2D eigenvalue weighted by Crippen LogP contribution is -2.38. The summed E-state index contributed by atoms with van der Waals surface area (Å²) in [4.78, 5) is 12.4. The van der Waals surface area contributed by atoms with Crippen LogP contribution in [0.25, 0.3) is 0 Å². The van der Waals surface area contributed by atoms with Gasteiger partial charge in [0.15, 0.2) is 11.5 Å². The van der Waals surface area contributed by atoms with Gasteiger partial charge in [-0.2, -0.15) is 13.1 Å². The minimum absolute atomic E-state index is 0.0353. The van der Waals surface area contributed by atoms with E-state index in [4.69, 9.17) is 15.8 Å². The van der Waals surface area contributed by atoms with Gasteiger partial charge in [-0.05, 0) is 28.1 Å². The summed E-state index contributed by atoms with van der Waals surface area (Å²) in [7, 11) is -3.98. The van der Waals surface area contributed by atoms with Crippen LogP contribution in [0.3, 0.4) is 0 Å². The molecule has 0 fully saturated rings. The summed E-state index contributed by atoms with van der Waals surface area (Å²) in [6.45, 7) is 0. The van der Waals surface area contributed by atoms with Crippen LogP contribution in [-0.4, -0.2) is 14.2 Å². The Labute approximate surface area is 147 Å². The number of carbonyl (C=O) groups is 1. The lowest BCUT2D eigenvalue weighted by Gasteiger charge is -2.27. The molecule has 0 saturated heterocycles. The zero-order chi connectivity index (χ0) is 16.6. The van der Waals surface area contributed by atoms with E-state index in [1.165, 1.54) is 6.07 Å². The van der Waals surface area contributed by atoms with Crippen LogP contribution in [0.15, 0.2) is 46.9 Å². The van der Waals surface area contributed by atoms with Gasteiger partial charge in [0.2, 0.25) is 0 Å². The first-order chi connectivity index (χ1) is 10.9. The van der Waals surface area contributed by atoms with Crippen molar-refractivity contribution in [2.75, 3.05) is 0 Å². The van der Waals surface area contributed by atoms with Crippen molar-refractivity contribution < 1.29 is 17.4 Å². The van der Waals surface area contributed by atoms with Crippen molar-refractivity contribution in [1.29, 1.82) is 0 Å². The molecule has 1 aliphatic rings. The van der Waals surface area contributed by atoms with Gasteiger partial charge in [-0.1, -0.05) is 41.9 Å². The number of halogens is 2. The maximum atomic E-state index is 12.4. The van der Waals surface area contributed by atoms with Crippen molar-refractivity contribution in [2.24, 2.45) is 0 Å². The number of ketones is 1. The minimum Gasteiger partial charge on any atom is -0.369 e. The van der Waals surface area contributed by atoms with Crippen LogP contribution in [0.4, 0.5) is 0 Å². The number of benzene rings is 2. The van der Waals surface area contributed by atoms with Gasteiger partial charge >= 0.3 is 10.3 Å². The topological polar surface area (TPSA) is 72.5 Å². The van der Waals surface area contributed by atoms with Crippen LogP contribution >= 0.6 is 27.5 Å².